The molecule has 208 valence electrons. The molecule has 8 nitrogen and oxygen atoms in total. The normalized spacial score (nSPS) is 12.3. The molecule has 0 unspecified atom stereocenters. The molecule has 0 saturated heterocycles. The van der Waals surface area contributed by atoms with E-state index in [-0.39, 0.29) is 23.0 Å². The molecule has 0 heterocycles. The highest BCUT2D eigenvalue weighted by Crippen LogP contribution is 2.32. The zero-order valence-corrected chi connectivity index (χ0v) is 23.9. The maximum absolute atomic E-state index is 14.1. The first-order valence-corrected chi connectivity index (χ1v) is 14.3. The second-order valence-electron chi connectivity index (χ2n) is 10.2. The van der Waals surface area contributed by atoms with E-state index >= 15 is 0 Å². The van der Waals surface area contributed by atoms with E-state index in [9.17, 15) is 18.0 Å². The van der Waals surface area contributed by atoms with E-state index in [1.807, 2.05) is 58.0 Å². The summed E-state index contributed by atoms with van der Waals surface area (Å²) in [7, 11) is -2.72. The van der Waals surface area contributed by atoms with Crippen molar-refractivity contribution in [2.45, 2.75) is 57.1 Å². The van der Waals surface area contributed by atoms with Gasteiger partial charge in [-0.2, -0.15) is 0 Å². The number of hydrogen-bond acceptors (Lipinski definition) is 5. The predicted molar refractivity (Wildman–Crippen MR) is 153 cm³/mol. The highest BCUT2D eigenvalue weighted by molar-refractivity contribution is 7.92. The van der Waals surface area contributed by atoms with E-state index in [4.69, 9.17) is 4.74 Å². The number of nitrogens with zero attached hydrogens (tertiary/aromatic N) is 2. The minimum atomic E-state index is -4.16. The van der Waals surface area contributed by atoms with Crippen LogP contribution in [0.2, 0.25) is 0 Å². The van der Waals surface area contributed by atoms with Crippen LogP contribution in [-0.4, -0.2) is 50.4 Å². The Bertz CT molecular complexity index is 1360. The number of amides is 2. The maximum Gasteiger partial charge on any atom is 0.264 e. The van der Waals surface area contributed by atoms with Crippen molar-refractivity contribution in [1.82, 2.24) is 10.2 Å². The van der Waals surface area contributed by atoms with Gasteiger partial charge >= 0.3 is 0 Å². The predicted octanol–water partition coefficient (Wildman–Crippen LogP) is 4.61. The number of benzene rings is 3. The number of rotatable bonds is 11. The van der Waals surface area contributed by atoms with Gasteiger partial charge in [0, 0.05) is 12.1 Å². The van der Waals surface area contributed by atoms with Gasteiger partial charge in [-0.05, 0) is 57.0 Å². The topological polar surface area (TPSA) is 96.0 Å². The number of carbonyl (C=O) groups is 2. The van der Waals surface area contributed by atoms with Crippen LogP contribution < -0.4 is 14.4 Å². The van der Waals surface area contributed by atoms with E-state index in [0.717, 1.165) is 9.87 Å². The summed E-state index contributed by atoms with van der Waals surface area (Å²) in [6.45, 7) is 7.06. The van der Waals surface area contributed by atoms with Gasteiger partial charge in [-0.1, -0.05) is 67.6 Å². The molecular weight excluding hydrogens is 514 g/mol. The number of methoxy groups -OCH3 is 1. The quantitative estimate of drug-likeness (QED) is 0.375. The van der Waals surface area contributed by atoms with Gasteiger partial charge in [-0.15, -0.1) is 0 Å². The third-order valence-corrected chi connectivity index (χ3v) is 7.82. The Morgan fingerprint density at radius 1 is 0.897 bits per heavy atom. The first-order chi connectivity index (χ1) is 18.5. The van der Waals surface area contributed by atoms with Crippen LogP contribution in [0.4, 0.5) is 5.69 Å². The second kappa shape index (κ2) is 12.8. The van der Waals surface area contributed by atoms with E-state index < -0.39 is 34.1 Å². The number of para-hydroxylation sites is 2. The fourth-order valence-electron chi connectivity index (χ4n) is 4.22. The molecule has 3 aromatic carbocycles. The average Bonchev–Trinajstić information content (AvgIpc) is 2.91. The summed E-state index contributed by atoms with van der Waals surface area (Å²) in [6.07, 6.45) is 0.348. The lowest BCUT2D eigenvalue weighted by molar-refractivity contribution is -0.141. The Kier molecular flexibility index (Phi) is 9.75. The number of hydrogen-bond donors (Lipinski definition) is 1. The van der Waals surface area contributed by atoms with Gasteiger partial charge in [-0.3, -0.25) is 13.9 Å². The minimum absolute atomic E-state index is 0.0378. The van der Waals surface area contributed by atoms with Crippen molar-refractivity contribution in [2.75, 3.05) is 18.0 Å². The summed E-state index contributed by atoms with van der Waals surface area (Å²) in [5, 5.41) is 2.97. The largest absolute Gasteiger partial charge is 0.495 e. The fraction of sp³-hybridized carbons (Fsp3) is 0.333. The molecule has 0 saturated carbocycles. The fourth-order valence-corrected chi connectivity index (χ4v) is 5.67. The van der Waals surface area contributed by atoms with Crippen LogP contribution in [0, 0.1) is 0 Å². The molecule has 1 atom stereocenters. The van der Waals surface area contributed by atoms with Crippen LogP contribution in [0.3, 0.4) is 0 Å². The first-order valence-electron chi connectivity index (χ1n) is 12.8. The van der Waals surface area contributed by atoms with Gasteiger partial charge in [0.1, 0.15) is 18.3 Å². The van der Waals surface area contributed by atoms with E-state index in [1.54, 1.807) is 42.5 Å². The third kappa shape index (κ3) is 7.60. The lowest BCUT2D eigenvalue weighted by atomic mass is 10.1. The molecule has 2 amide bonds. The molecule has 0 aliphatic heterocycles. The minimum Gasteiger partial charge on any atom is -0.495 e. The van der Waals surface area contributed by atoms with Crippen molar-refractivity contribution in [1.29, 1.82) is 0 Å². The van der Waals surface area contributed by atoms with Crippen molar-refractivity contribution < 1.29 is 22.7 Å². The van der Waals surface area contributed by atoms with Gasteiger partial charge in [0.2, 0.25) is 11.8 Å². The molecule has 9 heteroatoms. The number of nitrogens with one attached hydrogen (secondary N) is 1. The zero-order chi connectivity index (χ0) is 28.6. The summed E-state index contributed by atoms with van der Waals surface area (Å²) in [5.41, 5.74) is 0.540. The van der Waals surface area contributed by atoms with Gasteiger partial charge < -0.3 is 15.0 Å². The molecule has 0 aliphatic carbocycles. The Labute approximate surface area is 231 Å². The zero-order valence-electron chi connectivity index (χ0n) is 23.1. The van der Waals surface area contributed by atoms with Crippen LogP contribution in [-0.2, 0) is 26.2 Å². The van der Waals surface area contributed by atoms with E-state index in [1.165, 1.54) is 24.1 Å². The summed E-state index contributed by atoms with van der Waals surface area (Å²) in [4.78, 5) is 28.9. The average molecular weight is 552 g/mol. The summed E-state index contributed by atoms with van der Waals surface area (Å²) >= 11 is 0. The van der Waals surface area contributed by atoms with Gasteiger partial charge in [0.25, 0.3) is 10.0 Å². The number of carbonyl (C=O) groups excluding carboxylic acids is 2. The molecule has 39 heavy (non-hydrogen) atoms. The van der Waals surface area contributed by atoms with Crippen molar-refractivity contribution in [2.24, 2.45) is 0 Å². The number of sulfonamides is 1. The van der Waals surface area contributed by atoms with Crippen LogP contribution in [0.1, 0.15) is 39.7 Å². The smallest absolute Gasteiger partial charge is 0.264 e. The molecular formula is C30H37N3O5S. The monoisotopic (exact) mass is 551 g/mol. The van der Waals surface area contributed by atoms with Crippen LogP contribution in [0.25, 0.3) is 0 Å². The molecule has 0 aliphatic rings. The highest BCUT2D eigenvalue weighted by atomic mass is 32.2. The Morgan fingerprint density at radius 3 is 2.03 bits per heavy atom. The lowest BCUT2D eigenvalue weighted by Crippen LogP contribution is -2.55. The number of ether oxygens (including phenoxy) is 1. The Balaban J connectivity index is 2.08. The van der Waals surface area contributed by atoms with E-state index in [2.05, 4.69) is 5.32 Å². The lowest BCUT2D eigenvalue weighted by Gasteiger charge is -2.35. The molecule has 0 fully saturated rings. The van der Waals surface area contributed by atoms with Crippen molar-refractivity contribution in [3.63, 3.8) is 0 Å². The molecule has 3 rings (SSSR count). The van der Waals surface area contributed by atoms with Crippen LogP contribution in [0.15, 0.2) is 89.8 Å². The summed E-state index contributed by atoms with van der Waals surface area (Å²) < 4.78 is 34.3. The van der Waals surface area contributed by atoms with Gasteiger partial charge in [-0.25, -0.2) is 8.42 Å². The molecule has 3 aromatic rings. The van der Waals surface area contributed by atoms with E-state index in [0.29, 0.717) is 12.2 Å². The summed E-state index contributed by atoms with van der Waals surface area (Å²) in [5.74, 6) is -0.513. The Hall–Kier alpha value is -3.85. The Morgan fingerprint density at radius 2 is 1.46 bits per heavy atom. The molecule has 0 radical (unpaired) electrons. The first kappa shape index (κ1) is 29.7. The molecule has 0 aromatic heterocycles. The SMILES string of the molecule is CC[C@H](C(=O)NC(C)(C)C)N(Cc1ccccc1)C(=O)CN(c1ccccc1OC)S(=O)(=O)c1ccccc1. The van der Waals surface area contributed by atoms with Crippen molar-refractivity contribution >= 4 is 27.5 Å². The van der Waals surface area contributed by atoms with Crippen LogP contribution in [0.5, 0.6) is 5.75 Å². The molecule has 0 spiro atoms. The standard InChI is InChI=1S/C30H37N3O5S/c1-6-25(29(35)31-30(2,3)4)32(21-23-15-9-7-10-16-23)28(34)22-33(26-19-13-14-20-27(26)38-5)39(36,37)24-17-11-8-12-18-24/h7-20,25H,6,21-22H2,1-5H3,(H,31,35)/t25-/m1/s1. The molecule has 1 N–H and O–H groups in total. The maximum atomic E-state index is 14.1. The third-order valence-electron chi connectivity index (χ3n) is 6.04. The summed E-state index contributed by atoms with van der Waals surface area (Å²) in [6, 6.07) is 23.1. The van der Waals surface area contributed by atoms with Crippen LogP contribution >= 0.6 is 0 Å². The van der Waals surface area contributed by atoms with Gasteiger partial charge in [0.05, 0.1) is 17.7 Å². The molecule has 0 bridgehead atoms. The van der Waals surface area contributed by atoms with Crippen molar-refractivity contribution in [3.05, 3.63) is 90.5 Å². The highest BCUT2D eigenvalue weighted by Gasteiger charge is 2.35. The van der Waals surface area contributed by atoms with Gasteiger partial charge in [0.15, 0.2) is 0 Å². The number of anilines is 1. The second-order valence-corrected chi connectivity index (χ2v) is 12.0. The van der Waals surface area contributed by atoms with Crippen molar-refractivity contribution in [3.8, 4) is 5.75 Å².